The Morgan fingerprint density at radius 3 is 2.31 bits per heavy atom. The second-order valence-corrected chi connectivity index (χ2v) is 9.68. The highest BCUT2D eigenvalue weighted by Gasteiger charge is 2.36. The molecule has 0 radical (unpaired) electrons. The van der Waals surface area contributed by atoms with Gasteiger partial charge in [-0.25, -0.2) is 4.79 Å². The second kappa shape index (κ2) is 10.0. The van der Waals surface area contributed by atoms with E-state index < -0.39 is 6.04 Å². The molecule has 0 bridgehead atoms. The van der Waals surface area contributed by atoms with Crippen LogP contribution in [0.2, 0.25) is 0 Å². The van der Waals surface area contributed by atoms with Crippen LogP contribution < -0.4 is 10.2 Å². The third kappa shape index (κ3) is 4.54. The molecule has 5 rings (SSSR count). The SMILES string of the molecule is CCc1ccc(C2NC(=O)N(c3ccc(SC)cc3)C(C)=C2c2nc(-c3ccc(C)cc3)no2)cc1. The molecule has 3 aromatic carbocycles. The Labute approximate surface area is 215 Å². The van der Waals surface area contributed by atoms with Gasteiger partial charge in [-0.2, -0.15) is 4.98 Å². The number of hydrogen-bond acceptors (Lipinski definition) is 5. The number of allylic oxidation sites excluding steroid dienone is 1. The Kier molecular flexibility index (Phi) is 6.65. The molecular weight excluding hydrogens is 468 g/mol. The van der Waals surface area contributed by atoms with Gasteiger partial charge in [-0.15, -0.1) is 11.8 Å². The molecule has 1 unspecified atom stereocenters. The number of nitrogens with one attached hydrogen (secondary N) is 1. The van der Waals surface area contributed by atoms with Crippen molar-refractivity contribution < 1.29 is 9.32 Å². The Hall–Kier alpha value is -3.84. The van der Waals surface area contributed by atoms with Crippen LogP contribution in [0.15, 0.2) is 87.9 Å². The lowest BCUT2D eigenvalue weighted by molar-refractivity contribution is 0.244. The Bertz CT molecular complexity index is 1410. The number of rotatable bonds is 6. The molecule has 1 aliphatic heterocycles. The zero-order valence-corrected chi connectivity index (χ0v) is 21.6. The van der Waals surface area contributed by atoms with Gasteiger partial charge in [0.2, 0.25) is 5.82 Å². The molecular formula is C29H28N4O2S. The highest BCUT2D eigenvalue weighted by molar-refractivity contribution is 7.98. The molecule has 1 N–H and O–H groups in total. The summed E-state index contributed by atoms with van der Waals surface area (Å²) in [4.78, 5) is 21.0. The van der Waals surface area contributed by atoms with Crippen molar-refractivity contribution in [1.29, 1.82) is 0 Å². The molecule has 0 spiro atoms. The standard InChI is InChI=1S/C29H28N4O2S/c1-5-20-8-12-21(13-9-20)26-25(28-31-27(32-35-28)22-10-6-18(2)7-11-22)19(3)33(29(34)30-26)23-14-16-24(36-4)17-15-23/h6-17,26H,5H2,1-4H3,(H,30,34). The molecule has 4 aromatic rings. The van der Waals surface area contributed by atoms with E-state index in [9.17, 15) is 4.79 Å². The first-order chi connectivity index (χ1) is 17.5. The lowest BCUT2D eigenvalue weighted by Crippen LogP contribution is -2.46. The summed E-state index contributed by atoms with van der Waals surface area (Å²) in [6.45, 7) is 6.09. The van der Waals surface area contributed by atoms with Crippen LogP contribution in [0.25, 0.3) is 17.0 Å². The monoisotopic (exact) mass is 496 g/mol. The zero-order valence-electron chi connectivity index (χ0n) is 20.8. The molecule has 0 aliphatic carbocycles. The van der Waals surface area contributed by atoms with Gasteiger partial charge in [0.25, 0.3) is 5.89 Å². The summed E-state index contributed by atoms with van der Waals surface area (Å²) in [6, 6.07) is 23.6. The minimum atomic E-state index is -0.420. The van der Waals surface area contributed by atoms with Crippen LogP contribution in [0.5, 0.6) is 0 Å². The van der Waals surface area contributed by atoms with E-state index in [0.717, 1.165) is 45.0 Å². The van der Waals surface area contributed by atoms with Crippen LogP contribution in [0.1, 0.15) is 42.5 Å². The average Bonchev–Trinajstić information content (AvgIpc) is 3.39. The van der Waals surface area contributed by atoms with E-state index in [1.165, 1.54) is 5.56 Å². The first-order valence-electron chi connectivity index (χ1n) is 11.9. The minimum absolute atomic E-state index is 0.198. The van der Waals surface area contributed by atoms with Gasteiger partial charge in [-0.3, -0.25) is 4.90 Å². The van der Waals surface area contributed by atoms with Crippen molar-refractivity contribution in [2.45, 2.75) is 38.1 Å². The largest absolute Gasteiger partial charge is 0.334 e. The molecule has 182 valence electrons. The summed E-state index contributed by atoms with van der Waals surface area (Å²) in [5.74, 6) is 0.900. The van der Waals surface area contributed by atoms with E-state index >= 15 is 0 Å². The van der Waals surface area contributed by atoms with E-state index in [-0.39, 0.29) is 6.03 Å². The average molecular weight is 497 g/mol. The van der Waals surface area contributed by atoms with Gasteiger partial charge in [0.05, 0.1) is 17.3 Å². The maximum atomic E-state index is 13.4. The van der Waals surface area contributed by atoms with Gasteiger partial charge in [-0.1, -0.05) is 66.2 Å². The molecule has 6 nitrogen and oxygen atoms in total. The predicted octanol–water partition coefficient (Wildman–Crippen LogP) is 7.03. The van der Waals surface area contributed by atoms with Crippen LogP contribution in [-0.4, -0.2) is 22.4 Å². The molecule has 1 aromatic heterocycles. The van der Waals surface area contributed by atoms with Crippen LogP contribution in [0, 0.1) is 6.92 Å². The number of anilines is 1. The van der Waals surface area contributed by atoms with Gasteiger partial charge in [0, 0.05) is 16.2 Å². The first-order valence-corrected chi connectivity index (χ1v) is 13.2. The summed E-state index contributed by atoms with van der Waals surface area (Å²) in [5.41, 5.74) is 6.54. The molecule has 2 amide bonds. The smallest absolute Gasteiger partial charge is 0.326 e. The van der Waals surface area contributed by atoms with Crippen molar-refractivity contribution in [2.75, 3.05) is 11.2 Å². The number of nitrogens with zero attached hydrogens (tertiary/aromatic N) is 3. The van der Waals surface area contributed by atoms with Crippen molar-refractivity contribution in [1.82, 2.24) is 15.5 Å². The van der Waals surface area contributed by atoms with Gasteiger partial charge in [-0.05, 0) is 61.9 Å². The number of aryl methyl sites for hydroxylation is 2. The van der Waals surface area contributed by atoms with Crippen LogP contribution >= 0.6 is 11.8 Å². The number of carbonyl (C=O) groups is 1. The highest BCUT2D eigenvalue weighted by Crippen LogP contribution is 2.39. The van der Waals surface area contributed by atoms with Crippen molar-refractivity contribution >= 4 is 29.1 Å². The normalized spacial score (nSPS) is 15.8. The van der Waals surface area contributed by atoms with Crippen molar-refractivity contribution in [3.63, 3.8) is 0 Å². The molecule has 0 fully saturated rings. The van der Waals surface area contributed by atoms with Crippen LogP contribution in [0.4, 0.5) is 10.5 Å². The van der Waals surface area contributed by atoms with E-state index in [1.807, 2.05) is 68.6 Å². The van der Waals surface area contributed by atoms with Crippen molar-refractivity contribution in [3.05, 3.63) is 101 Å². The fourth-order valence-electron chi connectivity index (χ4n) is 4.41. The third-order valence-corrected chi connectivity index (χ3v) is 7.25. The number of hydrogen-bond donors (Lipinski definition) is 1. The molecule has 1 atom stereocenters. The Balaban J connectivity index is 1.62. The van der Waals surface area contributed by atoms with Crippen molar-refractivity contribution in [3.8, 4) is 11.4 Å². The number of carbonyl (C=O) groups excluding carboxylic acids is 1. The highest BCUT2D eigenvalue weighted by atomic mass is 32.2. The summed E-state index contributed by atoms with van der Waals surface area (Å²) in [6.07, 6.45) is 2.98. The first kappa shape index (κ1) is 23.9. The Morgan fingerprint density at radius 1 is 0.972 bits per heavy atom. The lowest BCUT2D eigenvalue weighted by atomic mass is 9.93. The molecule has 7 heteroatoms. The molecule has 0 saturated carbocycles. The third-order valence-electron chi connectivity index (χ3n) is 6.50. The lowest BCUT2D eigenvalue weighted by Gasteiger charge is -2.35. The molecule has 36 heavy (non-hydrogen) atoms. The summed E-state index contributed by atoms with van der Waals surface area (Å²) >= 11 is 1.66. The fourth-order valence-corrected chi connectivity index (χ4v) is 4.82. The van der Waals surface area contributed by atoms with Crippen LogP contribution in [0.3, 0.4) is 0 Å². The van der Waals surface area contributed by atoms with Crippen molar-refractivity contribution in [2.24, 2.45) is 0 Å². The Morgan fingerprint density at radius 2 is 1.67 bits per heavy atom. The number of aromatic nitrogens is 2. The number of benzene rings is 3. The van der Waals surface area contributed by atoms with E-state index in [4.69, 9.17) is 9.51 Å². The predicted molar refractivity (Wildman–Crippen MR) is 145 cm³/mol. The van der Waals surface area contributed by atoms with Gasteiger partial charge >= 0.3 is 6.03 Å². The second-order valence-electron chi connectivity index (χ2n) is 8.80. The number of amides is 2. The van der Waals surface area contributed by atoms with E-state index in [2.05, 4.69) is 41.7 Å². The zero-order chi connectivity index (χ0) is 25.2. The number of urea groups is 1. The summed E-state index contributed by atoms with van der Waals surface area (Å²) in [5, 5.41) is 7.45. The maximum Gasteiger partial charge on any atom is 0.326 e. The summed E-state index contributed by atoms with van der Waals surface area (Å²) < 4.78 is 5.81. The molecule has 0 saturated heterocycles. The molecule has 2 heterocycles. The van der Waals surface area contributed by atoms with Gasteiger partial charge in [0.1, 0.15) is 0 Å². The van der Waals surface area contributed by atoms with Gasteiger partial charge in [0.15, 0.2) is 0 Å². The van der Waals surface area contributed by atoms with Crippen LogP contribution in [-0.2, 0) is 6.42 Å². The maximum absolute atomic E-state index is 13.4. The topological polar surface area (TPSA) is 71.3 Å². The van der Waals surface area contributed by atoms with Gasteiger partial charge < -0.3 is 9.84 Å². The molecule has 1 aliphatic rings. The fraction of sp³-hybridized carbons (Fsp3) is 0.207. The quantitative estimate of drug-likeness (QED) is 0.290. The summed E-state index contributed by atoms with van der Waals surface area (Å²) in [7, 11) is 0. The van der Waals surface area contributed by atoms with E-state index in [1.54, 1.807) is 16.7 Å². The number of thioether (sulfide) groups is 1. The minimum Gasteiger partial charge on any atom is -0.334 e. The van der Waals surface area contributed by atoms with E-state index in [0.29, 0.717) is 11.7 Å².